The first-order valence-electron chi connectivity index (χ1n) is 5.85. The Hall–Kier alpha value is -1.30. The molecule has 0 saturated carbocycles. The van der Waals surface area contributed by atoms with E-state index in [0.717, 1.165) is 11.3 Å². The quantitative estimate of drug-likeness (QED) is 0.731. The van der Waals surface area contributed by atoms with E-state index < -0.39 is 6.04 Å². The summed E-state index contributed by atoms with van der Waals surface area (Å²) < 4.78 is 10.3. The minimum atomic E-state index is -0.631. The number of nitrogens with two attached hydrogens (primary N) is 1. The lowest BCUT2D eigenvalue weighted by molar-refractivity contribution is -0.123. The molecule has 0 saturated heterocycles. The third-order valence-corrected chi connectivity index (χ3v) is 2.34. The molecule has 0 aromatic heterocycles. The number of methoxy groups -OCH3 is 1. The summed E-state index contributed by atoms with van der Waals surface area (Å²) in [6.07, 6.45) is 0. The van der Waals surface area contributed by atoms with Crippen LogP contribution in [0.1, 0.15) is 5.56 Å². The number of benzene rings is 1. The van der Waals surface area contributed by atoms with Crippen molar-refractivity contribution in [1.29, 1.82) is 0 Å². The minimum Gasteiger partial charge on any atom is -0.492 e. The number of carbonyl (C=O) groups is 1. The number of aryl methyl sites for hydroxylation is 1. The van der Waals surface area contributed by atoms with Crippen LogP contribution in [0.4, 0.5) is 0 Å². The Balaban J connectivity index is 0.00000324. The van der Waals surface area contributed by atoms with Gasteiger partial charge in [0.25, 0.3) is 0 Å². The van der Waals surface area contributed by atoms with E-state index in [1.807, 2.05) is 31.2 Å². The second-order valence-electron chi connectivity index (χ2n) is 4.02. The van der Waals surface area contributed by atoms with Crippen molar-refractivity contribution in [2.45, 2.75) is 13.0 Å². The van der Waals surface area contributed by atoms with Gasteiger partial charge < -0.3 is 20.5 Å². The molecule has 0 spiro atoms. The van der Waals surface area contributed by atoms with Gasteiger partial charge >= 0.3 is 0 Å². The normalized spacial score (nSPS) is 11.3. The number of amides is 1. The van der Waals surface area contributed by atoms with Crippen LogP contribution in [0.5, 0.6) is 5.75 Å². The first-order chi connectivity index (χ1) is 8.63. The van der Waals surface area contributed by atoms with Crippen molar-refractivity contribution in [2.24, 2.45) is 5.73 Å². The van der Waals surface area contributed by atoms with Crippen molar-refractivity contribution >= 4 is 18.3 Å². The fourth-order valence-corrected chi connectivity index (χ4v) is 1.43. The van der Waals surface area contributed by atoms with E-state index in [9.17, 15) is 4.79 Å². The predicted molar refractivity (Wildman–Crippen MR) is 76.8 cm³/mol. The van der Waals surface area contributed by atoms with Gasteiger partial charge in [-0.2, -0.15) is 0 Å². The van der Waals surface area contributed by atoms with E-state index in [-0.39, 0.29) is 24.9 Å². The van der Waals surface area contributed by atoms with Gasteiger partial charge in [-0.3, -0.25) is 4.79 Å². The number of ether oxygens (including phenoxy) is 2. The second-order valence-corrected chi connectivity index (χ2v) is 4.02. The molecule has 0 heterocycles. The zero-order valence-electron chi connectivity index (χ0n) is 11.2. The van der Waals surface area contributed by atoms with Crippen molar-refractivity contribution in [3.8, 4) is 5.75 Å². The van der Waals surface area contributed by atoms with E-state index in [4.69, 9.17) is 15.2 Å². The number of hydrogen-bond donors (Lipinski definition) is 2. The maximum Gasteiger partial charge on any atom is 0.239 e. The molecule has 5 nitrogen and oxygen atoms in total. The van der Waals surface area contributed by atoms with Gasteiger partial charge in [0.2, 0.25) is 5.91 Å². The third-order valence-electron chi connectivity index (χ3n) is 2.34. The monoisotopic (exact) mass is 288 g/mol. The summed E-state index contributed by atoms with van der Waals surface area (Å²) in [5.41, 5.74) is 6.70. The Bertz CT molecular complexity index is 388. The molecule has 0 radical (unpaired) electrons. The second kappa shape index (κ2) is 9.61. The van der Waals surface area contributed by atoms with Crippen LogP contribution in [-0.4, -0.2) is 38.8 Å². The van der Waals surface area contributed by atoms with Gasteiger partial charge in [0.1, 0.15) is 18.4 Å². The van der Waals surface area contributed by atoms with E-state index in [2.05, 4.69) is 5.32 Å². The predicted octanol–water partition coefficient (Wildman–Crippen LogP) is 0.886. The smallest absolute Gasteiger partial charge is 0.239 e. The molecule has 108 valence electrons. The third kappa shape index (κ3) is 7.00. The maximum absolute atomic E-state index is 11.4. The van der Waals surface area contributed by atoms with Crippen molar-refractivity contribution in [1.82, 2.24) is 5.32 Å². The van der Waals surface area contributed by atoms with Crippen LogP contribution >= 0.6 is 12.4 Å². The van der Waals surface area contributed by atoms with Gasteiger partial charge in [0.05, 0.1) is 13.2 Å². The molecule has 0 aliphatic heterocycles. The molecular formula is C13H21ClN2O3. The highest BCUT2D eigenvalue weighted by molar-refractivity contribution is 5.85. The topological polar surface area (TPSA) is 73.6 Å². The van der Waals surface area contributed by atoms with Crippen LogP contribution in [0.3, 0.4) is 0 Å². The largest absolute Gasteiger partial charge is 0.492 e. The van der Waals surface area contributed by atoms with Crippen LogP contribution in [-0.2, 0) is 9.53 Å². The molecule has 1 atom stereocenters. The highest BCUT2D eigenvalue weighted by Gasteiger charge is 2.11. The summed E-state index contributed by atoms with van der Waals surface area (Å²) in [4.78, 5) is 11.4. The maximum atomic E-state index is 11.4. The van der Waals surface area contributed by atoms with Gasteiger partial charge in [0, 0.05) is 7.11 Å². The van der Waals surface area contributed by atoms with Crippen LogP contribution < -0.4 is 15.8 Å². The van der Waals surface area contributed by atoms with Crippen LogP contribution in [0.25, 0.3) is 0 Å². The van der Waals surface area contributed by atoms with Crippen LogP contribution in [0.15, 0.2) is 24.3 Å². The number of carbonyl (C=O) groups excluding carboxylic acids is 1. The molecule has 0 aliphatic rings. The van der Waals surface area contributed by atoms with Gasteiger partial charge in [-0.25, -0.2) is 0 Å². The molecule has 0 fully saturated rings. The SMILES string of the molecule is COCC(N)C(=O)NCCOc1cccc(C)c1.Cl. The Kier molecular flexibility index (Phi) is 8.95. The molecule has 0 aliphatic carbocycles. The van der Waals surface area contributed by atoms with Gasteiger partial charge in [-0.15, -0.1) is 12.4 Å². The minimum absolute atomic E-state index is 0. The molecule has 3 N–H and O–H groups in total. The molecule has 1 aromatic carbocycles. The van der Waals surface area contributed by atoms with Gasteiger partial charge in [-0.1, -0.05) is 12.1 Å². The summed E-state index contributed by atoms with van der Waals surface area (Å²) in [6, 6.07) is 7.12. The highest BCUT2D eigenvalue weighted by atomic mass is 35.5. The molecule has 1 aromatic rings. The lowest BCUT2D eigenvalue weighted by atomic mass is 10.2. The van der Waals surface area contributed by atoms with Crippen LogP contribution in [0.2, 0.25) is 0 Å². The highest BCUT2D eigenvalue weighted by Crippen LogP contribution is 2.11. The Morgan fingerprint density at radius 1 is 1.47 bits per heavy atom. The first-order valence-corrected chi connectivity index (χ1v) is 5.85. The molecule has 19 heavy (non-hydrogen) atoms. The van der Waals surface area contributed by atoms with Crippen molar-refractivity contribution in [3.05, 3.63) is 29.8 Å². The molecule has 0 bridgehead atoms. The van der Waals surface area contributed by atoms with Gasteiger partial charge in [0.15, 0.2) is 0 Å². The summed E-state index contributed by atoms with van der Waals surface area (Å²) in [7, 11) is 1.51. The number of rotatable bonds is 7. The number of halogens is 1. The molecule has 1 amide bonds. The van der Waals surface area contributed by atoms with E-state index in [1.165, 1.54) is 7.11 Å². The Morgan fingerprint density at radius 3 is 2.84 bits per heavy atom. The molecule has 6 heteroatoms. The van der Waals surface area contributed by atoms with Crippen molar-refractivity contribution < 1.29 is 14.3 Å². The lowest BCUT2D eigenvalue weighted by Crippen LogP contribution is -2.44. The number of nitrogens with one attached hydrogen (secondary N) is 1. The Morgan fingerprint density at radius 2 is 2.21 bits per heavy atom. The van der Waals surface area contributed by atoms with Crippen molar-refractivity contribution in [3.63, 3.8) is 0 Å². The average Bonchev–Trinajstić information content (AvgIpc) is 2.35. The standard InChI is InChI=1S/C13H20N2O3.ClH/c1-10-4-3-5-11(8-10)18-7-6-15-13(16)12(14)9-17-2;/h3-5,8,12H,6-7,9,14H2,1-2H3,(H,15,16);1H. The van der Waals surface area contributed by atoms with E-state index in [0.29, 0.717) is 13.2 Å². The fraction of sp³-hybridized carbons (Fsp3) is 0.462. The van der Waals surface area contributed by atoms with Crippen molar-refractivity contribution in [2.75, 3.05) is 26.9 Å². The summed E-state index contributed by atoms with van der Waals surface area (Å²) in [6.45, 7) is 3.04. The number of hydrogen-bond acceptors (Lipinski definition) is 4. The zero-order chi connectivity index (χ0) is 13.4. The van der Waals surface area contributed by atoms with E-state index in [1.54, 1.807) is 0 Å². The zero-order valence-corrected chi connectivity index (χ0v) is 12.0. The lowest BCUT2D eigenvalue weighted by Gasteiger charge is -2.12. The van der Waals surface area contributed by atoms with Crippen LogP contribution in [0, 0.1) is 6.92 Å². The van der Waals surface area contributed by atoms with Gasteiger partial charge in [-0.05, 0) is 24.6 Å². The average molecular weight is 289 g/mol. The Labute approximate surface area is 119 Å². The first kappa shape index (κ1) is 17.7. The fourth-order valence-electron chi connectivity index (χ4n) is 1.43. The molecular weight excluding hydrogens is 268 g/mol. The summed E-state index contributed by atoms with van der Waals surface area (Å²) in [5, 5.41) is 2.68. The van der Waals surface area contributed by atoms with E-state index >= 15 is 0 Å². The molecule has 1 rings (SSSR count). The summed E-state index contributed by atoms with van der Waals surface area (Å²) >= 11 is 0. The summed E-state index contributed by atoms with van der Waals surface area (Å²) in [5.74, 6) is 0.565. The molecule has 1 unspecified atom stereocenters.